The molecule has 0 spiro atoms. The highest BCUT2D eigenvalue weighted by molar-refractivity contribution is 5.69. The van der Waals surface area contributed by atoms with Gasteiger partial charge >= 0.3 is 0 Å². The molecule has 0 saturated heterocycles. The maximum atomic E-state index is 5.43. The van der Waals surface area contributed by atoms with Crippen molar-refractivity contribution >= 4 is 17.5 Å². The molecule has 3 aromatic rings. The van der Waals surface area contributed by atoms with Crippen molar-refractivity contribution in [3.8, 4) is 17.0 Å². The monoisotopic (exact) mass is 378 g/mol. The van der Waals surface area contributed by atoms with Gasteiger partial charge in [0, 0.05) is 30.6 Å². The average Bonchev–Trinajstić information content (AvgIpc) is 2.72. The summed E-state index contributed by atoms with van der Waals surface area (Å²) in [6.45, 7) is 1.80. The van der Waals surface area contributed by atoms with Crippen LogP contribution in [0.25, 0.3) is 11.3 Å². The Kier molecular flexibility index (Phi) is 6.75. The summed E-state index contributed by atoms with van der Waals surface area (Å²) in [5, 5.41) is 6.67. The van der Waals surface area contributed by atoms with Gasteiger partial charge in [0.15, 0.2) is 0 Å². The molecule has 2 aromatic heterocycles. The largest absolute Gasteiger partial charge is 0.495 e. The number of aromatic nitrogens is 3. The highest BCUT2D eigenvalue weighted by atomic mass is 16.5. The van der Waals surface area contributed by atoms with E-state index in [-0.39, 0.29) is 0 Å². The first-order chi connectivity index (χ1) is 13.7. The minimum atomic E-state index is 0.588. The van der Waals surface area contributed by atoms with Gasteiger partial charge < -0.3 is 20.3 Å². The maximum Gasteiger partial charge on any atom is 0.225 e. The molecule has 2 heterocycles. The number of hydrogen-bond acceptors (Lipinski definition) is 7. The van der Waals surface area contributed by atoms with Crippen molar-refractivity contribution in [1.82, 2.24) is 19.9 Å². The van der Waals surface area contributed by atoms with Gasteiger partial charge in [-0.25, -0.2) is 4.98 Å². The molecule has 7 heteroatoms. The summed E-state index contributed by atoms with van der Waals surface area (Å²) in [4.78, 5) is 15.5. The quantitative estimate of drug-likeness (QED) is 0.550. The maximum absolute atomic E-state index is 5.43. The lowest BCUT2D eigenvalue weighted by Crippen LogP contribution is -2.17. The summed E-state index contributed by atoms with van der Waals surface area (Å²) in [6, 6.07) is 13.5. The van der Waals surface area contributed by atoms with Crippen molar-refractivity contribution in [2.45, 2.75) is 6.42 Å². The number of anilines is 3. The molecule has 0 radical (unpaired) electrons. The predicted octanol–water partition coefficient (Wildman–Crippen LogP) is 3.65. The number of nitrogens with one attached hydrogen (secondary N) is 2. The van der Waals surface area contributed by atoms with Crippen molar-refractivity contribution in [1.29, 1.82) is 0 Å². The Morgan fingerprint density at radius 1 is 1.04 bits per heavy atom. The number of para-hydroxylation sites is 2. The lowest BCUT2D eigenvalue weighted by Gasteiger charge is -2.14. The molecule has 3 rings (SSSR count). The Morgan fingerprint density at radius 2 is 1.82 bits per heavy atom. The van der Waals surface area contributed by atoms with E-state index < -0.39 is 0 Å². The Morgan fingerprint density at radius 3 is 2.57 bits per heavy atom. The first kappa shape index (κ1) is 19.6. The molecule has 0 aliphatic carbocycles. The zero-order chi connectivity index (χ0) is 19.8. The second kappa shape index (κ2) is 9.66. The number of hydrogen-bond donors (Lipinski definition) is 2. The minimum Gasteiger partial charge on any atom is -0.495 e. The van der Waals surface area contributed by atoms with Gasteiger partial charge in [-0.15, -0.1) is 0 Å². The van der Waals surface area contributed by atoms with E-state index in [1.807, 2.05) is 42.5 Å². The fourth-order valence-corrected chi connectivity index (χ4v) is 2.74. The van der Waals surface area contributed by atoms with E-state index in [9.17, 15) is 0 Å². The molecule has 0 saturated carbocycles. The van der Waals surface area contributed by atoms with E-state index in [0.717, 1.165) is 42.2 Å². The van der Waals surface area contributed by atoms with Crippen LogP contribution in [0.1, 0.15) is 6.42 Å². The van der Waals surface area contributed by atoms with Crippen molar-refractivity contribution in [3.63, 3.8) is 0 Å². The van der Waals surface area contributed by atoms with Crippen LogP contribution in [0.15, 0.2) is 54.9 Å². The molecule has 7 nitrogen and oxygen atoms in total. The number of pyridine rings is 1. The van der Waals surface area contributed by atoms with Gasteiger partial charge in [0.25, 0.3) is 0 Å². The molecule has 1 aromatic carbocycles. The van der Waals surface area contributed by atoms with Crippen LogP contribution in [-0.4, -0.2) is 54.1 Å². The van der Waals surface area contributed by atoms with Crippen LogP contribution < -0.4 is 15.4 Å². The van der Waals surface area contributed by atoms with Crippen LogP contribution in [0, 0.1) is 0 Å². The Labute approximate surface area is 165 Å². The molecule has 28 heavy (non-hydrogen) atoms. The second-order valence-electron chi connectivity index (χ2n) is 6.61. The number of ether oxygens (including phenoxy) is 1. The molecule has 2 N–H and O–H groups in total. The van der Waals surface area contributed by atoms with Gasteiger partial charge in [0.1, 0.15) is 11.6 Å². The van der Waals surface area contributed by atoms with E-state index in [1.165, 1.54) is 0 Å². The zero-order valence-electron chi connectivity index (χ0n) is 16.5. The molecular formula is C21H26N6O. The predicted molar refractivity (Wildman–Crippen MR) is 113 cm³/mol. The summed E-state index contributed by atoms with van der Waals surface area (Å²) in [6.07, 6.45) is 4.52. The summed E-state index contributed by atoms with van der Waals surface area (Å²) < 4.78 is 5.43. The van der Waals surface area contributed by atoms with Gasteiger partial charge in [0.05, 0.1) is 18.5 Å². The molecule has 0 amide bonds. The number of rotatable bonds is 9. The molecule has 146 valence electrons. The van der Waals surface area contributed by atoms with Crippen LogP contribution in [0.5, 0.6) is 5.75 Å². The van der Waals surface area contributed by atoms with E-state index in [1.54, 1.807) is 19.5 Å². The standard InChI is InChI=1S/C21H26N6O/c1-27(2)14-6-11-23-21-25-18(16-9-12-22-13-10-16)15-20(26-21)24-17-7-4-5-8-19(17)28-3/h4-5,7-10,12-13,15H,6,11,14H2,1-3H3,(H2,23,24,25,26). The molecule has 0 bridgehead atoms. The zero-order valence-corrected chi connectivity index (χ0v) is 16.5. The van der Waals surface area contributed by atoms with Gasteiger partial charge in [-0.1, -0.05) is 12.1 Å². The third-order valence-corrected chi connectivity index (χ3v) is 4.14. The third kappa shape index (κ3) is 5.40. The van der Waals surface area contributed by atoms with Gasteiger partial charge in [-0.05, 0) is 51.3 Å². The van der Waals surface area contributed by atoms with Crippen LogP contribution in [-0.2, 0) is 0 Å². The second-order valence-corrected chi connectivity index (χ2v) is 6.61. The van der Waals surface area contributed by atoms with E-state index in [4.69, 9.17) is 4.74 Å². The third-order valence-electron chi connectivity index (χ3n) is 4.14. The van der Waals surface area contributed by atoms with Crippen LogP contribution >= 0.6 is 0 Å². The SMILES string of the molecule is COc1ccccc1Nc1cc(-c2ccncc2)nc(NCCCN(C)C)n1. The highest BCUT2D eigenvalue weighted by Crippen LogP contribution is 2.28. The van der Waals surface area contributed by atoms with Gasteiger partial charge in [-0.3, -0.25) is 4.98 Å². The fraction of sp³-hybridized carbons (Fsp3) is 0.286. The van der Waals surface area contributed by atoms with E-state index in [2.05, 4.69) is 44.6 Å². The van der Waals surface area contributed by atoms with Crippen molar-refractivity contribution < 1.29 is 4.74 Å². The van der Waals surface area contributed by atoms with Gasteiger partial charge in [0.2, 0.25) is 5.95 Å². The summed E-state index contributed by atoms with van der Waals surface area (Å²) >= 11 is 0. The van der Waals surface area contributed by atoms with Crippen LogP contribution in [0.4, 0.5) is 17.5 Å². The minimum absolute atomic E-state index is 0.588. The van der Waals surface area contributed by atoms with E-state index in [0.29, 0.717) is 11.8 Å². The molecule has 0 aliphatic rings. The Balaban J connectivity index is 1.86. The van der Waals surface area contributed by atoms with Crippen LogP contribution in [0.3, 0.4) is 0 Å². The highest BCUT2D eigenvalue weighted by Gasteiger charge is 2.09. The first-order valence-electron chi connectivity index (χ1n) is 9.24. The molecule has 0 fully saturated rings. The van der Waals surface area contributed by atoms with Crippen molar-refractivity contribution in [3.05, 3.63) is 54.9 Å². The lowest BCUT2D eigenvalue weighted by molar-refractivity contribution is 0.405. The fourth-order valence-electron chi connectivity index (χ4n) is 2.74. The summed E-state index contributed by atoms with van der Waals surface area (Å²) in [5.41, 5.74) is 2.66. The van der Waals surface area contributed by atoms with E-state index >= 15 is 0 Å². The lowest BCUT2D eigenvalue weighted by atomic mass is 10.2. The smallest absolute Gasteiger partial charge is 0.225 e. The topological polar surface area (TPSA) is 75.2 Å². The summed E-state index contributed by atoms with van der Waals surface area (Å²) in [7, 11) is 5.78. The molecule has 0 atom stereocenters. The molecule has 0 unspecified atom stereocenters. The summed E-state index contributed by atoms with van der Waals surface area (Å²) in [5.74, 6) is 2.04. The normalized spacial score (nSPS) is 10.7. The molecular weight excluding hydrogens is 352 g/mol. The van der Waals surface area contributed by atoms with Crippen molar-refractivity contribution in [2.24, 2.45) is 0 Å². The first-order valence-corrected chi connectivity index (χ1v) is 9.24. The average molecular weight is 378 g/mol. The Hall–Kier alpha value is -3.19. The Bertz CT molecular complexity index is 885. The number of nitrogens with zero attached hydrogens (tertiary/aromatic N) is 4. The van der Waals surface area contributed by atoms with Crippen LogP contribution in [0.2, 0.25) is 0 Å². The van der Waals surface area contributed by atoms with Gasteiger partial charge in [-0.2, -0.15) is 4.98 Å². The number of benzene rings is 1. The number of methoxy groups -OCH3 is 1. The van der Waals surface area contributed by atoms with Crippen molar-refractivity contribution in [2.75, 3.05) is 44.9 Å². The molecule has 0 aliphatic heterocycles.